The predicted octanol–water partition coefficient (Wildman–Crippen LogP) is 2.54. The third-order valence-corrected chi connectivity index (χ3v) is 5.49. The van der Waals surface area contributed by atoms with Crippen molar-refractivity contribution in [3.63, 3.8) is 0 Å². The van der Waals surface area contributed by atoms with Crippen molar-refractivity contribution < 1.29 is 4.74 Å². The van der Waals surface area contributed by atoms with Gasteiger partial charge < -0.3 is 10.5 Å². The van der Waals surface area contributed by atoms with Crippen LogP contribution >= 0.6 is 0 Å². The van der Waals surface area contributed by atoms with Crippen LogP contribution in [-0.4, -0.2) is 17.1 Å². The zero-order valence-corrected chi connectivity index (χ0v) is 11.4. The summed E-state index contributed by atoms with van der Waals surface area (Å²) in [5, 5.41) is 0. The molecule has 102 valence electrons. The molecule has 0 unspecified atom stereocenters. The van der Waals surface area contributed by atoms with Gasteiger partial charge in [0.25, 0.3) is 0 Å². The van der Waals surface area contributed by atoms with Crippen molar-refractivity contribution in [1.29, 1.82) is 0 Å². The number of anilines is 1. The minimum Gasteiger partial charge on any atom is -0.467 e. The summed E-state index contributed by atoms with van der Waals surface area (Å²) < 4.78 is 5.20. The molecule has 19 heavy (non-hydrogen) atoms. The van der Waals surface area contributed by atoms with Crippen LogP contribution in [0, 0.1) is 17.8 Å². The Labute approximate surface area is 113 Å². The number of nitrogens with two attached hydrogens (primary N) is 1. The van der Waals surface area contributed by atoms with E-state index in [9.17, 15) is 0 Å². The smallest absolute Gasteiger partial charge is 0.318 e. The molecule has 0 amide bonds. The number of methoxy groups -OCH3 is 1. The molecule has 1 heterocycles. The number of nitrogen functional groups attached to an aromatic ring is 1. The van der Waals surface area contributed by atoms with Crippen LogP contribution in [0.2, 0.25) is 0 Å². The van der Waals surface area contributed by atoms with Crippen LogP contribution in [0.3, 0.4) is 0 Å². The van der Waals surface area contributed by atoms with Crippen molar-refractivity contribution in [3.05, 3.63) is 11.8 Å². The van der Waals surface area contributed by atoms with Crippen molar-refractivity contribution in [2.24, 2.45) is 17.8 Å². The zero-order chi connectivity index (χ0) is 13.0. The van der Waals surface area contributed by atoms with E-state index in [1.807, 2.05) is 6.07 Å². The number of aromatic nitrogens is 2. The van der Waals surface area contributed by atoms with Crippen LogP contribution in [0.25, 0.3) is 0 Å². The maximum atomic E-state index is 5.92. The highest BCUT2D eigenvalue weighted by Crippen LogP contribution is 2.60. The standard InChI is InChI=1S/C15H21N3O/c1-19-14-17-12(5-13(16)18-14)15-6-9-2-10(7-15)4-11(3-9)8-15/h5,9-11H,2-4,6-8H2,1H3,(H2,16,17,18). The number of ether oxygens (including phenoxy) is 1. The quantitative estimate of drug-likeness (QED) is 0.886. The van der Waals surface area contributed by atoms with Gasteiger partial charge in [0.05, 0.1) is 12.8 Å². The predicted molar refractivity (Wildman–Crippen MR) is 72.8 cm³/mol. The summed E-state index contributed by atoms with van der Waals surface area (Å²) in [4.78, 5) is 8.75. The van der Waals surface area contributed by atoms with Crippen LogP contribution in [-0.2, 0) is 5.41 Å². The normalized spacial score (nSPS) is 39.5. The van der Waals surface area contributed by atoms with Crippen LogP contribution in [0.5, 0.6) is 6.01 Å². The van der Waals surface area contributed by atoms with Crippen LogP contribution in [0.15, 0.2) is 6.07 Å². The topological polar surface area (TPSA) is 61.0 Å². The molecule has 5 rings (SSSR count). The van der Waals surface area contributed by atoms with E-state index in [0.717, 1.165) is 23.4 Å². The highest BCUT2D eigenvalue weighted by Gasteiger charge is 2.52. The van der Waals surface area contributed by atoms with Gasteiger partial charge in [0, 0.05) is 11.5 Å². The Kier molecular flexibility index (Phi) is 2.32. The van der Waals surface area contributed by atoms with E-state index in [0.29, 0.717) is 11.8 Å². The lowest BCUT2D eigenvalue weighted by Gasteiger charge is -2.56. The second-order valence-electron chi connectivity index (χ2n) is 6.86. The Balaban J connectivity index is 1.77. The Morgan fingerprint density at radius 3 is 2.21 bits per heavy atom. The van der Waals surface area contributed by atoms with Gasteiger partial charge >= 0.3 is 6.01 Å². The van der Waals surface area contributed by atoms with Crippen LogP contribution < -0.4 is 10.5 Å². The molecule has 1 aromatic rings. The number of hydrogen-bond acceptors (Lipinski definition) is 4. The number of hydrogen-bond donors (Lipinski definition) is 1. The molecule has 4 aliphatic rings. The molecule has 4 saturated carbocycles. The summed E-state index contributed by atoms with van der Waals surface area (Å²) in [7, 11) is 1.61. The van der Waals surface area contributed by atoms with Gasteiger partial charge in [-0.15, -0.1) is 0 Å². The molecular weight excluding hydrogens is 238 g/mol. The van der Waals surface area contributed by atoms with Crippen molar-refractivity contribution in [2.75, 3.05) is 12.8 Å². The zero-order valence-electron chi connectivity index (χ0n) is 11.4. The molecule has 4 fully saturated rings. The third-order valence-electron chi connectivity index (χ3n) is 5.49. The molecule has 4 heteroatoms. The van der Waals surface area contributed by atoms with E-state index in [-0.39, 0.29) is 5.41 Å². The Morgan fingerprint density at radius 1 is 1.11 bits per heavy atom. The van der Waals surface area contributed by atoms with Gasteiger partial charge in [-0.3, -0.25) is 0 Å². The van der Waals surface area contributed by atoms with Gasteiger partial charge in [-0.2, -0.15) is 9.97 Å². The molecule has 4 aliphatic carbocycles. The average molecular weight is 259 g/mol. The fourth-order valence-electron chi connectivity index (χ4n) is 5.23. The molecule has 0 radical (unpaired) electrons. The lowest BCUT2D eigenvalue weighted by atomic mass is 9.49. The van der Waals surface area contributed by atoms with Crippen molar-refractivity contribution in [1.82, 2.24) is 9.97 Å². The largest absolute Gasteiger partial charge is 0.467 e. The fraction of sp³-hybridized carbons (Fsp3) is 0.733. The summed E-state index contributed by atoms with van der Waals surface area (Å²) in [6.45, 7) is 0. The van der Waals surface area contributed by atoms with Crippen LogP contribution in [0.1, 0.15) is 44.2 Å². The molecule has 0 aromatic carbocycles. The first-order chi connectivity index (χ1) is 9.17. The molecule has 0 spiro atoms. The van der Waals surface area contributed by atoms with Crippen molar-refractivity contribution in [2.45, 2.75) is 43.9 Å². The average Bonchev–Trinajstić information content (AvgIpc) is 2.36. The lowest BCUT2D eigenvalue weighted by Crippen LogP contribution is -2.49. The Morgan fingerprint density at radius 2 is 1.68 bits per heavy atom. The van der Waals surface area contributed by atoms with Gasteiger partial charge in [-0.25, -0.2) is 0 Å². The highest BCUT2D eigenvalue weighted by molar-refractivity contribution is 5.36. The maximum absolute atomic E-state index is 5.92. The summed E-state index contributed by atoms with van der Waals surface area (Å²) >= 11 is 0. The van der Waals surface area contributed by atoms with E-state index in [4.69, 9.17) is 10.5 Å². The highest BCUT2D eigenvalue weighted by atomic mass is 16.5. The fourth-order valence-corrected chi connectivity index (χ4v) is 5.23. The summed E-state index contributed by atoms with van der Waals surface area (Å²) in [5.41, 5.74) is 7.32. The van der Waals surface area contributed by atoms with E-state index in [2.05, 4.69) is 9.97 Å². The molecule has 1 aromatic heterocycles. The lowest BCUT2D eigenvalue weighted by molar-refractivity contribution is -0.00746. The minimum absolute atomic E-state index is 0.263. The molecule has 4 nitrogen and oxygen atoms in total. The first-order valence-electron chi connectivity index (χ1n) is 7.36. The molecular formula is C15H21N3O. The molecule has 0 atom stereocenters. The SMILES string of the molecule is COc1nc(N)cc(C23CC4CC(CC(C4)C2)C3)n1. The Hall–Kier alpha value is -1.32. The third kappa shape index (κ3) is 1.72. The first kappa shape index (κ1) is 11.5. The monoisotopic (exact) mass is 259 g/mol. The summed E-state index contributed by atoms with van der Waals surface area (Å²) in [5.74, 6) is 3.27. The van der Waals surface area contributed by atoms with E-state index >= 15 is 0 Å². The molecule has 4 bridgehead atoms. The Bertz CT molecular complexity index is 479. The summed E-state index contributed by atoms with van der Waals surface area (Å²) in [6.07, 6.45) is 8.20. The van der Waals surface area contributed by atoms with Gasteiger partial charge in [-0.1, -0.05) is 0 Å². The maximum Gasteiger partial charge on any atom is 0.318 e. The van der Waals surface area contributed by atoms with Gasteiger partial charge in [0.2, 0.25) is 0 Å². The van der Waals surface area contributed by atoms with Crippen molar-refractivity contribution >= 4 is 5.82 Å². The van der Waals surface area contributed by atoms with E-state index in [1.165, 1.54) is 38.5 Å². The number of rotatable bonds is 2. The molecule has 0 saturated heterocycles. The number of nitrogens with zero attached hydrogens (tertiary/aromatic N) is 2. The van der Waals surface area contributed by atoms with Gasteiger partial charge in [0.1, 0.15) is 5.82 Å². The van der Waals surface area contributed by atoms with Crippen molar-refractivity contribution in [3.8, 4) is 6.01 Å². The van der Waals surface area contributed by atoms with Gasteiger partial charge in [-0.05, 0) is 56.3 Å². The molecule has 0 aliphatic heterocycles. The van der Waals surface area contributed by atoms with E-state index in [1.54, 1.807) is 7.11 Å². The molecule has 2 N–H and O–H groups in total. The second kappa shape index (κ2) is 3.84. The minimum atomic E-state index is 0.263. The second-order valence-corrected chi connectivity index (χ2v) is 6.86. The van der Waals surface area contributed by atoms with E-state index < -0.39 is 0 Å². The van der Waals surface area contributed by atoms with Gasteiger partial charge in [0.15, 0.2) is 0 Å². The summed E-state index contributed by atoms with van der Waals surface area (Å²) in [6, 6.07) is 2.40. The van der Waals surface area contributed by atoms with Crippen LogP contribution in [0.4, 0.5) is 5.82 Å². The first-order valence-corrected chi connectivity index (χ1v) is 7.36.